The molecule has 1 aliphatic rings. The highest BCUT2D eigenvalue weighted by molar-refractivity contribution is 9.10. The minimum absolute atomic E-state index is 0.0315. The predicted octanol–water partition coefficient (Wildman–Crippen LogP) is 2.71. The van der Waals surface area contributed by atoms with Crippen LogP contribution in [-0.4, -0.2) is 28.9 Å². The molecule has 0 aromatic heterocycles. The van der Waals surface area contributed by atoms with E-state index in [0.717, 1.165) is 22.9 Å². The van der Waals surface area contributed by atoms with Crippen LogP contribution in [0, 0.1) is 5.41 Å². The number of halogens is 1. The SMILES string of the molecule is CN(Cc1ccccc1Br)C(=O)C1(C(N)=NO)CCCC1. The van der Waals surface area contributed by atoms with Crippen molar-refractivity contribution in [1.29, 1.82) is 0 Å². The van der Waals surface area contributed by atoms with Gasteiger partial charge in [0, 0.05) is 18.1 Å². The number of carbonyl (C=O) groups is 1. The van der Waals surface area contributed by atoms with Crippen molar-refractivity contribution in [3.8, 4) is 0 Å². The van der Waals surface area contributed by atoms with Gasteiger partial charge >= 0.3 is 0 Å². The van der Waals surface area contributed by atoms with Crippen molar-refractivity contribution < 1.29 is 10.0 Å². The lowest BCUT2D eigenvalue weighted by molar-refractivity contribution is -0.137. The van der Waals surface area contributed by atoms with Crippen LogP contribution in [0.5, 0.6) is 0 Å². The molecule has 0 saturated heterocycles. The Bertz CT molecular complexity index is 554. The molecule has 1 aromatic rings. The summed E-state index contributed by atoms with van der Waals surface area (Å²) in [5, 5.41) is 12.1. The summed E-state index contributed by atoms with van der Waals surface area (Å²) in [5.41, 5.74) is 6.00. The van der Waals surface area contributed by atoms with Gasteiger partial charge in [0.05, 0.1) is 0 Å². The lowest BCUT2D eigenvalue weighted by Crippen LogP contribution is -2.48. The van der Waals surface area contributed by atoms with E-state index in [-0.39, 0.29) is 11.7 Å². The van der Waals surface area contributed by atoms with E-state index in [2.05, 4.69) is 21.1 Å². The van der Waals surface area contributed by atoms with Gasteiger partial charge in [-0.25, -0.2) is 0 Å². The van der Waals surface area contributed by atoms with Crippen LogP contribution in [0.1, 0.15) is 31.2 Å². The summed E-state index contributed by atoms with van der Waals surface area (Å²) in [6.07, 6.45) is 3.12. The molecule has 0 bridgehead atoms. The summed E-state index contributed by atoms with van der Waals surface area (Å²) >= 11 is 3.49. The summed E-state index contributed by atoms with van der Waals surface area (Å²) in [6.45, 7) is 0.487. The summed E-state index contributed by atoms with van der Waals surface area (Å²) in [5.74, 6) is -0.0463. The van der Waals surface area contributed by atoms with Gasteiger partial charge in [0.25, 0.3) is 0 Å². The van der Waals surface area contributed by atoms with Crippen LogP contribution in [0.15, 0.2) is 33.9 Å². The van der Waals surface area contributed by atoms with E-state index >= 15 is 0 Å². The fourth-order valence-electron chi connectivity index (χ4n) is 2.97. The van der Waals surface area contributed by atoms with E-state index in [1.165, 1.54) is 0 Å². The molecule has 0 atom stereocenters. The maximum absolute atomic E-state index is 12.8. The maximum Gasteiger partial charge on any atom is 0.236 e. The number of amidine groups is 1. The van der Waals surface area contributed by atoms with Gasteiger partial charge in [0.1, 0.15) is 5.41 Å². The van der Waals surface area contributed by atoms with E-state index in [4.69, 9.17) is 10.9 Å². The summed E-state index contributed by atoms with van der Waals surface area (Å²) in [7, 11) is 1.76. The lowest BCUT2D eigenvalue weighted by atomic mass is 9.83. The van der Waals surface area contributed by atoms with E-state index < -0.39 is 5.41 Å². The van der Waals surface area contributed by atoms with E-state index in [1.54, 1.807) is 11.9 Å². The molecule has 1 aliphatic carbocycles. The first-order chi connectivity index (χ1) is 10.0. The number of benzene rings is 1. The fourth-order valence-corrected chi connectivity index (χ4v) is 3.38. The molecule has 0 radical (unpaired) electrons. The van der Waals surface area contributed by atoms with Crippen molar-refractivity contribution in [2.24, 2.45) is 16.3 Å². The number of nitrogens with two attached hydrogens (primary N) is 1. The molecular weight excluding hydrogens is 334 g/mol. The first kappa shape index (κ1) is 15.8. The van der Waals surface area contributed by atoms with Crippen LogP contribution >= 0.6 is 15.9 Å². The summed E-state index contributed by atoms with van der Waals surface area (Å²) in [6, 6.07) is 7.79. The molecule has 0 aliphatic heterocycles. The molecule has 114 valence electrons. The van der Waals surface area contributed by atoms with Crippen molar-refractivity contribution >= 4 is 27.7 Å². The minimum Gasteiger partial charge on any atom is -0.409 e. The molecule has 5 nitrogen and oxygen atoms in total. The summed E-state index contributed by atoms with van der Waals surface area (Å²) < 4.78 is 0.967. The third-order valence-corrected chi connectivity index (χ3v) is 4.95. The van der Waals surface area contributed by atoms with Crippen molar-refractivity contribution in [3.63, 3.8) is 0 Å². The highest BCUT2D eigenvalue weighted by atomic mass is 79.9. The molecule has 1 amide bonds. The second kappa shape index (κ2) is 6.47. The third kappa shape index (κ3) is 3.05. The average Bonchev–Trinajstić information content (AvgIpc) is 2.98. The second-order valence-electron chi connectivity index (χ2n) is 5.53. The maximum atomic E-state index is 12.8. The first-order valence-corrected chi connectivity index (χ1v) is 7.77. The fraction of sp³-hybridized carbons (Fsp3) is 0.467. The Balaban J connectivity index is 2.20. The highest BCUT2D eigenvalue weighted by Gasteiger charge is 2.46. The normalized spacial score (nSPS) is 17.7. The number of hydrogen-bond acceptors (Lipinski definition) is 3. The monoisotopic (exact) mass is 353 g/mol. The molecule has 21 heavy (non-hydrogen) atoms. The minimum atomic E-state index is -0.843. The lowest BCUT2D eigenvalue weighted by Gasteiger charge is -2.31. The Kier molecular flexibility index (Phi) is 4.88. The van der Waals surface area contributed by atoms with Crippen molar-refractivity contribution in [2.75, 3.05) is 7.05 Å². The van der Waals surface area contributed by atoms with Crippen LogP contribution < -0.4 is 5.73 Å². The third-order valence-electron chi connectivity index (χ3n) is 4.18. The molecule has 1 fully saturated rings. The topological polar surface area (TPSA) is 78.9 Å². The molecule has 2 rings (SSSR count). The molecule has 1 aromatic carbocycles. The largest absolute Gasteiger partial charge is 0.409 e. The Hall–Kier alpha value is -1.56. The molecule has 0 spiro atoms. The quantitative estimate of drug-likeness (QED) is 0.378. The van der Waals surface area contributed by atoms with Gasteiger partial charge in [-0.15, -0.1) is 0 Å². The predicted molar refractivity (Wildman–Crippen MR) is 84.9 cm³/mol. The molecule has 1 saturated carbocycles. The van der Waals surface area contributed by atoms with E-state index in [0.29, 0.717) is 19.4 Å². The average molecular weight is 354 g/mol. The zero-order valence-electron chi connectivity index (χ0n) is 12.1. The highest BCUT2D eigenvalue weighted by Crippen LogP contribution is 2.40. The van der Waals surface area contributed by atoms with Crippen molar-refractivity contribution in [1.82, 2.24) is 4.90 Å². The second-order valence-corrected chi connectivity index (χ2v) is 6.38. The summed E-state index contributed by atoms with van der Waals surface area (Å²) in [4.78, 5) is 14.5. The smallest absolute Gasteiger partial charge is 0.236 e. The number of nitrogens with zero attached hydrogens (tertiary/aromatic N) is 2. The molecule has 0 unspecified atom stereocenters. The van der Waals surface area contributed by atoms with Crippen molar-refractivity contribution in [3.05, 3.63) is 34.3 Å². The molecular formula is C15H20BrN3O2. The first-order valence-electron chi connectivity index (χ1n) is 6.98. The van der Waals surface area contributed by atoms with E-state index in [9.17, 15) is 4.79 Å². The van der Waals surface area contributed by atoms with Gasteiger partial charge in [-0.1, -0.05) is 52.1 Å². The Morgan fingerprint density at radius 2 is 2.05 bits per heavy atom. The van der Waals surface area contributed by atoms with Gasteiger partial charge < -0.3 is 15.8 Å². The van der Waals surface area contributed by atoms with Gasteiger partial charge in [-0.05, 0) is 24.5 Å². The zero-order valence-corrected chi connectivity index (χ0v) is 13.6. The number of oxime groups is 1. The Morgan fingerprint density at radius 3 is 2.62 bits per heavy atom. The van der Waals surface area contributed by atoms with Crippen molar-refractivity contribution in [2.45, 2.75) is 32.2 Å². The van der Waals surface area contributed by atoms with Gasteiger partial charge in [-0.3, -0.25) is 4.79 Å². The van der Waals surface area contributed by atoms with Gasteiger partial charge in [0.15, 0.2) is 5.84 Å². The molecule has 0 heterocycles. The van der Waals surface area contributed by atoms with Crippen LogP contribution in [0.4, 0.5) is 0 Å². The Labute approximate surface area is 132 Å². The number of hydrogen-bond donors (Lipinski definition) is 2. The van der Waals surface area contributed by atoms with E-state index in [1.807, 2.05) is 24.3 Å². The van der Waals surface area contributed by atoms with Crippen LogP contribution in [0.2, 0.25) is 0 Å². The van der Waals surface area contributed by atoms with Gasteiger partial charge in [0.2, 0.25) is 5.91 Å². The standard InChI is InChI=1S/C15H20BrN3O2/c1-19(10-11-6-2-3-7-12(11)16)14(20)15(13(17)18-21)8-4-5-9-15/h2-3,6-7,21H,4-5,8-10H2,1H3,(H2,17,18). The van der Waals surface area contributed by atoms with Gasteiger partial charge in [-0.2, -0.15) is 0 Å². The zero-order chi connectivity index (χ0) is 15.5. The number of rotatable bonds is 4. The van der Waals surface area contributed by atoms with Crippen LogP contribution in [-0.2, 0) is 11.3 Å². The van der Waals surface area contributed by atoms with Crippen LogP contribution in [0.25, 0.3) is 0 Å². The number of carbonyl (C=O) groups excluding carboxylic acids is 1. The number of amides is 1. The van der Waals surface area contributed by atoms with Crippen LogP contribution in [0.3, 0.4) is 0 Å². The molecule has 3 N–H and O–H groups in total. The Morgan fingerprint density at radius 1 is 1.43 bits per heavy atom. The molecule has 6 heteroatoms.